The van der Waals surface area contributed by atoms with Crippen LogP contribution in [-0.4, -0.2) is 54.4 Å². The van der Waals surface area contributed by atoms with Crippen molar-refractivity contribution in [3.05, 3.63) is 52.8 Å². The zero-order chi connectivity index (χ0) is 18.9. The molecule has 1 atom stereocenters. The Kier molecular flexibility index (Phi) is 10.7. The monoisotopic (exact) mass is 504 g/mol. The van der Waals surface area contributed by atoms with Gasteiger partial charge < -0.3 is 15.5 Å². The van der Waals surface area contributed by atoms with Crippen molar-refractivity contribution in [2.24, 2.45) is 12.0 Å². The molecule has 6 nitrogen and oxygen atoms in total. The SMILES string of the molecule is CCNC(=NCC(c1cnn(C)c1)N(C)C)NCCc1cccc(Cl)c1.I. The molecule has 0 aliphatic rings. The van der Waals surface area contributed by atoms with Gasteiger partial charge in [0, 0.05) is 36.9 Å². The normalized spacial score (nSPS) is 12.6. The van der Waals surface area contributed by atoms with Gasteiger partial charge in [0.1, 0.15) is 0 Å². The molecule has 1 heterocycles. The van der Waals surface area contributed by atoms with E-state index in [4.69, 9.17) is 16.6 Å². The molecule has 0 aliphatic carbocycles. The van der Waals surface area contributed by atoms with Crippen LogP contribution in [-0.2, 0) is 13.5 Å². The maximum Gasteiger partial charge on any atom is 0.191 e. The summed E-state index contributed by atoms with van der Waals surface area (Å²) < 4.78 is 1.82. The number of nitrogens with zero attached hydrogens (tertiary/aromatic N) is 4. The van der Waals surface area contributed by atoms with Gasteiger partial charge in [-0.1, -0.05) is 23.7 Å². The maximum atomic E-state index is 6.04. The van der Waals surface area contributed by atoms with Crippen LogP contribution in [0, 0.1) is 0 Å². The third-order valence-electron chi connectivity index (χ3n) is 4.09. The molecule has 2 aromatic rings. The first-order valence-electron chi connectivity index (χ1n) is 8.91. The second kappa shape index (κ2) is 12.2. The highest BCUT2D eigenvalue weighted by Crippen LogP contribution is 2.17. The Morgan fingerprint density at radius 2 is 2.11 bits per heavy atom. The molecule has 0 spiro atoms. The number of aliphatic imine (C=N–C) groups is 1. The van der Waals surface area contributed by atoms with Gasteiger partial charge in [0.25, 0.3) is 0 Å². The topological polar surface area (TPSA) is 57.5 Å². The molecule has 0 aliphatic heterocycles. The zero-order valence-corrected chi connectivity index (χ0v) is 19.5. The lowest BCUT2D eigenvalue weighted by Crippen LogP contribution is -2.39. The molecule has 2 N–H and O–H groups in total. The third kappa shape index (κ3) is 8.06. The van der Waals surface area contributed by atoms with Crippen molar-refractivity contribution >= 4 is 41.5 Å². The number of rotatable bonds is 8. The summed E-state index contributed by atoms with van der Waals surface area (Å²) >= 11 is 6.04. The predicted molar refractivity (Wildman–Crippen MR) is 124 cm³/mol. The van der Waals surface area contributed by atoms with Crippen molar-refractivity contribution in [2.75, 3.05) is 33.7 Å². The van der Waals surface area contributed by atoms with Gasteiger partial charge in [-0.05, 0) is 45.1 Å². The van der Waals surface area contributed by atoms with E-state index in [-0.39, 0.29) is 30.0 Å². The Balaban J connectivity index is 0.00000364. The van der Waals surface area contributed by atoms with Gasteiger partial charge in [-0.2, -0.15) is 5.10 Å². The number of nitrogens with one attached hydrogen (secondary N) is 2. The highest BCUT2D eigenvalue weighted by molar-refractivity contribution is 14.0. The summed E-state index contributed by atoms with van der Waals surface area (Å²) in [5.41, 5.74) is 2.37. The highest BCUT2D eigenvalue weighted by atomic mass is 127. The van der Waals surface area contributed by atoms with Gasteiger partial charge in [-0.15, -0.1) is 24.0 Å². The first-order chi connectivity index (χ1) is 12.5. The molecule has 0 saturated carbocycles. The average molecular weight is 505 g/mol. The van der Waals surface area contributed by atoms with Crippen molar-refractivity contribution in [3.63, 3.8) is 0 Å². The number of guanidine groups is 1. The number of aryl methyl sites for hydroxylation is 1. The molecule has 1 aromatic carbocycles. The van der Waals surface area contributed by atoms with E-state index in [2.05, 4.69) is 47.7 Å². The molecular formula is C19H30ClIN6. The van der Waals surface area contributed by atoms with Crippen LogP contribution in [0.1, 0.15) is 24.1 Å². The van der Waals surface area contributed by atoms with Crippen LogP contribution >= 0.6 is 35.6 Å². The van der Waals surface area contributed by atoms with Gasteiger partial charge in [0.15, 0.2) is 5.96 Å². The van der Waals surface area contributed by atoms with E-state index in [0.717, 1.165) is 36.1 Å². The number of benzene rings is 1. The van der Waals surface area contributed by atoms with Crippen molar-refractivity contribution in [2.45, 2.75) is 19.4 Å². The summed E-state index contributed by atoms with van der Waals surface area (Å²) in [7, 11) is 6.06. The van der Waals surface area contributed by atoms with Crippen molar-refractivity contribution in [1.82, 2.24) is 25.3 Å². The summed E-state index contributed by atoms with van der Waals surface area (Å²) in [6.07, 6.45) is 4.84. The second-order valence-corrected chi connectivity index (χ2v) is 6.89. The number of likely N-dealkylation sites (N-methyl/N-ethyl adjacent to an activating group) is 1. The molecule has 0 bridgehead atoms. The molecule has 0 saturated heterocycles. The smallest absolute Gasteiger partial charge is 0.191 e. The number of halogens is 2. The Morgan fingerprint density at radius 1 is 1.33 bits per heavy atom. The molecule has 1 unspecified atom stereocenters. The van der Waals surface area contributed by atoms with Gasteiger partial charge in [0.05, 0.1) is 18.8 Å². The van der Waals surface area contributed by atoms with Crippen LogP contribution in [0.4, 0.5) is 0 Å². The molecule has 150 valence electrons. The molecule has 8 heteroatoms. The van der Waals surface area contributed by atoms with Gasteiger partial charge in [-0.25, -0.2) is 0 Å². The summed E-state index contributed by atoms with van der Waals surface area (Å²) in [5, 5.41) is 11.7. The second-order valence-electron chi connectivity index (χ2n) is 6.45. The maximum absolute atomic E-state index is 6.04. The molecule has 0 radical (unpaired) electrons. The Labute approximate surface area is 184 Å². The first-order valence-corrected chi connectivity index (χ1v) is 9.29. The lowest BCUT2D eigenvalue weighted by molar-refractivity contribution is 0.306. The van der Waals surface area contributed by atoms with Crippen LogP contribution < -0.4 is 10.6 Å². The van der Waals surface area contributed by atoms with Gasteiger partial charge in [0.2, 0.25) is 0 Å². The van der Waals surface area contributed by atoms with E-state index in [0.29, 0.717) is 6.54 Å². The first kappa shape index (κ1) is 23.7. The summed E-state index contributed by atoms with van der Waals surface area (Å²) in [4.78, 5) is 6.92. The fourth-order valence-corrected chi connectivity index (χ4v) is 2.93. The zero-order valence-electron chi connectivity index (χ0n) is 16.4. The fourth-order valence-electron chi connectivity index (χ4n) is 2.72. The van der Waals surface area contributed by atoms with Crippen molar-refractivity contribution in [1.29, 1.82) is 0 Å². The summed E-state index contributed by atoms with van der Waals surface area (Å²) in [6, 6.07) is 8.14. The van der Waals surface area contributed by atoms with E-state index in [9.17, 15) is 0 Å². The van der Waals surface area contributed by atoms with Gasteiger partial charge in [-0.3, -0.25) is 9.67 Å². The van der Waals surface area contributed by atoms with E-state index in [1.165, 1.54) is 5.56 Å². The molecule has 1 aromatic heterocycles. The van der Waals surface area contributed by atoms with E-state index in [1.807, 2.05) is 42.3 Å². The average Bonchev–Trinajstić information content (AvgIpc) is 3.01. The molecule has 0 fully saturated rings. The van der Waals surface area contributed by atoms with E-state index < -0.39 is 0 Å². The Hall–Kier alpha value is -1.32. The van der Waals surface area contributed by atoms with Crippen molar-refractivity contribution in [3.8, 4) is 0 Å². The van der Waals surface area contributed by atoms with Crippen LogP contribution in [0.3, 0.4) is 0 Å². The molecule has 27 heavy (non-hydrogen) atoms. The lowest BCUT2D eigenvalue weighted by atomic mass is 10.1. The van der Waals surface area contributed by atoms with Crippen LogP contribution in [0.2, 0.25) is 5.02 Å². The quantitative estimate of drug-likeness (QED) is 0.330. The Morgan fingerprint density at radius 3 is 2.70 bits per heavy atom. The molecule has 2 rings (SSSR count). The minimum absolute atomic E-state index is 0. The van der Waals surface area contributed by atoms with Crippen LogP contribution in [0.15, 0.2) is 41.7 Å². The van der Waals surface area contributed by atoms with Gasteiger partial charge >= 0.3 is 0 Å². The van der Waals surface area contributed by atoms with Crippen molar-refractivity contribution < 1.29 is 0 Å². The number of hydrogen-bond acceptors (Lipinski definition) is 3. The summed E-state index contributed by atoms with van der Waals surface area (Å²) in [6.45, 7) is 4.35. The van der Waals surface area contributed by atoms with Crippen LogP contribution in [0.25, 0.3) is 0 Å². The standard InChI is InChI=1S/C19H29ClN6.HI/c1-5-21-19(22-10-9-15-7-6-8-17(20)11-15)23-13-18(25(2)3)16-12-24-26(4)14-16;/h6-8,11-12,14,18H,5,9-10,13H2,1-4H3,(H2,21,22,23);1H. The highest BCUT2D eigenvalue weighted by Gasteiger charge is 2.15. The largest absolute Gasteiger partial charge is 0.357 e. The minimum Gasteiger partial charge on any atom is -0.357 e. The number of hydrogen-bond donors (Lipinski definition) is 2. The fraction of sp³-hybridized carbons (Fsp3) is 0.474. The van der Waals surface area contributed by atoms with E-state index >= 15 is 0 Å². The third-order valence-corrected chi connectivity index (χ3v) is 4.33. The minimum atomic E-state index is 0. The van der Waals surface area contributed by atoms with E-state index in [1.54, 1.807) is 0 Å². The molecule has 0 amide bonds. The lowest BCUT2D eigenvalue weighted by Gasteiger charge is -2.22. The Bertz CT molecular complexity index is 716. The predicted octanol–water partition coefficient (Wildman–Crippen LogP) is 3.09. The molecular weight excluding hydrogens is 475 g/mol. The van der Waals surface area contributed by atoms with Crippen LogP contribution in [0.5, 0.6) is 0 Å². The number of aromatic nitrogens is 2. The summed E-state index contributed by atoms with van der Waals surface area (Å²) in [5.74, 6) is 0.824.